The molecule has 3 aromatic rings. The number of ether oxygens (including phenoxy) is 2. The summed E-state index contributed by atoms with van der Waals surface area (Å²) in [6.45, 7) is 0.236. The van der Waals surface area contributed by atoms with E-state index in [1.165, 1.54) is 29.0 Å². The van der Waals surface area contributed by atoms with E-state index in [1.54, 1.807) is 0 Å². The van der Waals surface area contributed by atoms with Gasteiger partial charge in [-0.2, -0.15) is 5.26 Å². The van der Waals surface area contributed by atoms with Crippen LogP contribution in [-0.4, -0.2) is 22.6 Å². The number of hydrogen-bond donors (Lipinski definition) is 1. The highest BCUT2D eigenvalue weighted by atomic mass is 16.6. The highest BCUT2D eigenvalue weighted by molar-refractivity contribution is 5.96. The SMILES string of the molecule is COC(=O)c1c(N)c(C#N)cn1-c1ccc(OCc2ccccc2)cc1[N+](=O)[O-]. The Bertz CT molecular complexity index is 1120. The molecule has 0 amide bonds. The lowest BCUT2D eigenvalue weighted by Crippen LogP contribution is -2.12. The summed E-state index contributed by atoms with van der Waals surface area (Å²) in [6, 6.07) is 15.4. The van der Waals surface area contributed by atoms with E-state index in [0.717, 1.165) is 12.7 Å². The third-order valence-corrected chi connectivity index (χ3v) is 4.20. The summed E-state index contributed by atoms with van der Waals surface area (Å²) >= 11 is 0. The molecule has 0 radical (unpaired) electrons. The fourth-order valence-corrected chi connectivity index (χ4v) is 2.79. The minimum atomic E-state index is -0.817. The van der Waals surface area contributed by atoms with Gasteiger partial charge >= 0.3 is 5.97 Å². The molecule has 2 N–H and O–H groups in total. The topological polar surface area (TPSA) is 133 Å². The fourth-order valence-electron chi connectivity index (χ4n) is 2.79. The number of nitro groups is 1. The fraction of sp³-hybridized carbons (Fsp3) is 0.100. The zero-order valence-corrected chi connectivity index (χ0v) is 15.4. The Balaban J connectivity index is 2.04. The second-order valence-corrected chi connectivity index (χ2v) is 5.96. The van der Waals surface area contributed by atoms with Crippen LogP contribution in [-0.2, 0) is 11.3 Å². The van der Waals surface area contributed by atoms with Gasteiger partial charge in [0, 0.05) is 6.20 Å². The number of rotatable bonds is 6. The monoisotopic (exact) mass is 392 g/mol. The average Bonchev–Trinajstić information content (AvgIpc) is 3.08. The van der Waals surface area contributed by atoms with E-state index in [-0.39, 0.29) is 40.7 Å². The molecule has 0 atom stereocenters. The number of carbonyl (C=O) groups is 1. The summed E-state index contributed by atoms with van der Waals surface area (Å²) in [5.41, 5.74) is 6.23. The lowest BCUT2D eigenvalue weighted by atomic mass is 10.2. The van der Waals surface area contributed by atoms with Gasteiger partial charge in [-0.3, -0.25) is 10.1 Å². The first kappa shape index (κ1) is 19.4. The quantitative estimate of drug-likeness (QED) is 0.387. The van der Waals surface area contributed by atoms with Crippen LogP contribution in [0.1, 0.15) is 21.6 Å². The molecule has 0 bridgehead atoms. The number of nitro benzene ring substituents is 1. The number of esters is 1. The second kappa shape index (κ2) is 8.14. The third-order valence-electron chi connectivity index (χ3n) is 4.20. The van der Waals surface area contributed by atoms with Gasteiger partial charge in [0.05, 0.1) is 29.4 Å². The predicted octanol–water partition coefficient (Wildman–Crippen LogP) is 3.20. The maximum atomic E-state index is 12.1. The molecule has 0 aliphatic heterocycles. The van der Waals surface area contributed by atoms with E-state index >= 15 is 0 Å². The van der Waals surface area contributed by atoms with E-state index < -0.39 is 10.9 Å². The van der Waals surface area contributed by atoms with Gasteiger partial charge < -0.3 is 19.8 Å². The molecule has 0 aliphatic carbocycles. The van der Waals surface area contributed by atoms with Crippen LogP contribution in [0.2, 0.25) is 0 Å². The summed E-state index contributed by atoms with van der Waals surface area (Å²) in [6.07, 6.45) is 1.26. The number of benzene rings is 2. The predicted molar refractivity (Wildman–Crippen MR) is 104 cm³/mol. The smallest absolute Gasteiger partial charge is 0.357 e. The Labute approximate surface area is 165 Å². The Hall–Kier alpha value is -4.32. The van der Waals surface area contributed by atoms with Gasteiger partial charge in [-0.1, -0.05) is 30.3 Å². The first-order chi connectivity index (χ1) is 14.0. The first-order valence-electron chi connectivity index (χ1n) is 8.41. The largest absolute Gasteiger partial charge is 0.489 e. The first-order valence-corrected chi connectivity index (χ1v) is 8.41. The van der Waals surface area contributed by atoms with Crippen molar-refractivity contribution in [1.82, 2.24) is 4.57 Å². The van der Waals surface area contributed by atoms with Crippen molar-refractivity contribution in [2.45, 2.75) is 6.61 Å². The van der Waals surface area contributed by atoms with Crippen LogP contribution in [0.15, 0.2) is 54.7 Å². The van der Waals surface area contributed by atoms with Crippen molar-refractivity contribution >= 4 is 17.3 Å². The maximum absolute atomic E-state index is 12.1. The third kappa shape index (κ3) is 3.86. The van der Waals surface area contributed by atoms with Crippen molar-refractivity contribution in [3.8, 4) is 17.5 Å². The van der Waals surface area contributed by atoms with Crippen LogP contribution in [0.25, 0.3) is 5.69 Å². The second-order valence-electron chi connectivity index (χ2n) is 5.96. The number of aromatic nitrogens is 1. The van der Waals surface area contributed by atoms with Gasteiger partial charge in [0.1, 0.15) is 24.1 Å². The summed E-state index contributed by atoms with van der Waals surface area (Å²) < 4.78 is 11.5. The van der Waals surface area contributed by atoms with Crippen LogP contribution in [0.5, 0.6) is 5.75 Å². The molecule has 9 nitrogen and oxygen atoms in total. The lowest BCUT2D eigenvalue weighted by molar-refractivity contribution is -0.384. The summed E-state index contributed by atoms with van der Waals surface area (Å²) in [4.78, 5) is 23.2. The molecule has 1 heterocycles. The van der Waals surface area contributed by atoms with Gasteiger partial charge in [0.25, 0.3) is 5.69 Å². The van der Waals surface area contributed by atoms with Crippen LogP contribution < -0.4 is 10.5 Å². The van der Waals surface area contributed by atoms with Gasteiger partial charge in [-0.15, -0.1) is 0 Å². The Kier molecular flexibility index (Phi) is 5.46. The normalized spacial score (nSPS) is 10.2. The Morgan fingerprint density at radius 2 is 2.00 bits per heavy atom. The lowest BCUT2D eigenvalue weighted by Gasteiger charge is -2.11. The standard InChI is InChI=1S/C20H16N4O5/c1-28-20(25)19-18(22)14(10-21)11-23(19)16-8-7-15(9-17(16)24(26)27)29-12-13-5-3-2-4-6-13/h2-9,11H,12,22H2,1H3. The molecule has 1 aromatic heterocycles. The minimum absolute atomic E-state index is 0.00380. The molecule has 29 heavy (non-hydrogen) atoms. The molecule has 9 heteroatoms. The van der Waals surface area contributed by atoms with E-state index in [2.05, 4.69) is 0 Å². The molecule has 2 aromatic carbocycles. The van der Waals surface area contributed by atoms with Crippen LogP contribution in [0.4, 0.5) is 11.4 Å². The number of anilines is 1. The van der Waals surface area contributed by atoms with Crippen molar-refractivity contribution < 1.29 is 19.2 Å². The van der Waals surface area contributed by atoms with E-state index in [9.17, 15) is 20.2 Å². The molecule has 0 unspecified atom stereocenters. The van der Waals surface area contributed by atoms with Crippen molar-refractivity contribution in [2.24, 2.45) is 0 Å². The highest BCUT2D eigenvalue weighted by Crippen LogP contribution is 2.32. The van der Waals surface area contributed by atoms with Gasteiger partial charge in [-0.05, 0) is 17.7 Å². The Morgan fingerprint density at radius 3 is 2.62 bits per heavy atom. The van der Waals surface area contributed by atoms with Gasteiger partial charge in [0.2, 0.25) is 0 Å². The number of nitrogens with two attached hydrogens (primary N) is 1. The van der Waals surface area contributed by atoms with E-state index in [0.29, 0.717) is 0 Å². The van der Waals surface area contributed by atoms with Crippen LogP contribution >= 0.6 is 0 Å². The van der Waals surface area contributed by atoms with Crippen molar-refractivity contribution in [2.75, 3.05) is 12.8 Å². The van der Waals surface area contributed by atoms with Crippen LogP contribution in [0.3, 0.4) is 0 Å². The summed E-state index contributed by atoms with van der Waals surface area (Å²) in [5.74, 6) is -0.535. The number of nitrogens with zero attached hydrogens (tertiary/aromatic N) is 3. The Morgan fingerprint density at radius 1 is 1.28 bits per heavy atom. The molecule has 0 spiro atoms. The number of nitrogen functional groups attached to an aromatic ring is 1. The molecular weight excluding hydrogens is 376 g/mol. The maximum Gasteiger partial charge on any atom is 0.357 e. The molecule has 0 saturated heterocycles. The van der Waals surface area contributed by atoms with Gasteiger partial charge in [-0.25, -0.2) is 4.79 Å². The number of nitriles is 1. The number of carbonyl (C=O) groups excluding carboxylic acids is 1. The van der Waals surface area contributed by atoms with Crippen molar-refractivity contribution in [1.29, 1.82) is 5.26 Å². The molecule has 0 fully saturated rings. The molecule has 3 rings (SSSR count). The molecule has 0 saturated carbocycles. The van der Waals surface area contributed by atoms with Gasteiger partial charge in [0.15, 0.2) is 5.69 Å². The number of methoxy groups -OCH3 is 1. The van der Waals surface area contributed by atoms with Crippen molar-refractivity contribution in [3.05, 3.63) is 81.7 Å². The van der Waals surface area contributed by atoms with E-state index in [4.69, 9.17) is 15.2 Å². The average molecular weight is 392 g/mol. The molecular formula is C20H16N4O5. The van der Waals surface area contributed by atoms with Crippen molar-refractivity contribution in [3.63, 3.8) is 0 Å². The highest BCUT2D eigenvalue weighted by Gasteiger charge is 2.26. The zero-order valence-electron chi connectivity index (χ0n) is 15.4. The zero-order chi connectivity index (χ0) is 21.0. The van der Waals surface area contributed by atoms with E-state index in [1.807, 2.05) is 36.4 Å². The molecule has 146 valence electrons. The number of hydrogen-bond acceptors (Lipinski definition) is 7. The summed E-state index contributed by atoms with van der Waals surface area (Å²) in [7, 11) is 1.15. The minimum Gasteiger partial charge on any atom is -0.489 e. The van der Waals surface area contributed by atoms with Crippen LogP contribution in [0, 0.1) is 21.4 Å². The molecule has 0 aliphatic rings. The summed E-state index contributed by atoms with van der Waals surface area (Å²) in [5, 5.41) is 20.9.